The first-order valence-electron chi connectivity index (χ1n) is 7.49. The van der Waals surface area contributed by atoms with E-state index in [0.29, 0.717) is 9.82 Å². The Bertz CT molecular complexity index is 1120. The van der Waals surface area contributed by atoms with Crippen LogP contribution in [0.25, 0.3) is 10.2 Å². The summed E-state index contributed by atoms with van der Waals surface area (Å²) in [5.41, 5.74) is 3.36. The zero-order chi connectivity index (χ0) is 18.7. The van der Waals surface area contributed by atoms with Crippen molar-refractivity contribution in [2.75, 3.05) is 6.54 Å². The molecular weight excluding hydrogens is 396 g/mol. The molecule has 1 amide bonds. The predicted octanol–water partition coefficient (Wildman–Crippen LogP) is 1.80. The maximum absolute atomic E-state index is 12.1. The smallest absolute Gasteiger partial charge is 0.255 e. The maximum atomic E-state index is 12.1. The highest BCUT2D eigenvalue weighted by Gasteiger charge is 2.15. The molecule has 1 aromatic heterocycles. The summed E-state index contributed by atoms with van der Waals surface area (Å²) in [6.45, 7) is -0.428. The zero-order valence-corrected chi connectivity index (χ0v) is 16.0. The first-order valence-corrected chi connectivity index (χ1v) is 10.2. The number of aryl methyl sites for hydroxylation is 1. The van der Waals surface area contributed by atoms with Crippen molar-refractivity contribution in [2.45, 2.75) is 4.90 Å². The molecule has 0 fully saturated rings. The third-order valence-electron chi connectivity index (χ3n) is 3.54. The lowest BCUT2D eigenvalue weighted by atomic mass is 10.3. The van der Waals surface area contributed by atoms with Gasteiger partial charge in [0.25, 0.3) is 5.91 Å². The Labute approximate surface area is 159 Å². The number of carbonyl (C=O) groups is 1. The quantitative estimate of drug-likeness (QED) is 0.628. The number of para-hydroxylation sites is 1. The molecule has 0 spiro atoms. The van der Waals surface area contributed by atoms with Gasteiger partial charge < -0.3 is 4.57 Å². The van der Waals surface area contributed by atoms with E-state index in [4.69, 9.17) is 11.6 Å². The monoisotopic (exact) mass is 410 g/mol. The lowest BCUT2D eigenvalue weighted by molar-refractivity contribution is -0.120. The number of sulfonamides is 1. The van der Waals surface area contributed by atoms with E-state index in [1.807, 2.05) is 35.9 Å². The Morgan fingerprint density at radius 2 is 1.88 bits per heavy atom. The van der Waals surface area contributed by atoms with E-state index in [2.05, 4.69) is 15.2 Å². The van der Waals surface area contributed by atoms with Crippen molar-refractivity contribution in [1.29, 1.82) is 0 Å². The van der Waals surface area contributed by atoms with Gasteiger partial charge in [-0.25, -0.2) is 18.6 Å². The van der Waals surface area contributed by atoms with E-state index in [1.165, 1.54) is 35.6 Å². The standard InChI is InChI=1S/C16H15ClN4O3S2/c1-21-13-4-2-3-5-14(13)25-16(21)20-19-15(22)10-18-26(23,24)12-8-6-11(17)7-9-12/h2-9,18H,10H2,1H3,(H,19,22)/b20-16+. The molecule has 2 aromatic carbocycles. The number of nitrogens with one attached hydrogen (secondary N) is 2. The molecule has 1 heterocycles. The highest BCUT2D eigenvalue weighted by atomic mass is 35.5. The minimum Gasteiger partial charge on any atom is -0.318 e. The van der Waals surface area contributed by atoms with Crippen LogP contribution in [0.5, 0.6) is 0 Å². The van der Waals surface area contributed by atoms with Crippen molar-refractivity contribution in [3.63, 3.8) is 0 Å². The Hall–Kier alpha value is -2.20. The number of nitrogens with zero attached hydrogens (tertiary/aromatic N) is 2. The topological polar surface area (TPSA) is 92.6 Å². The van der Waals surface area contributed by atoms with Gasteiger partial charge in [-0.05, 0) is 36.4 Å². The van der Waals surface area contributed by atoms with Gasteiger partial charge in [-0.2, -0.15) is 0 Å². The van der Waals surface area contributed by atoms with E-state index in [0.717, 1.165) is 10.2 Å². The number of benzene rings is 2. The highest BCUT2D eigenvalue weighted by Crippen LogP contribution is 2.15. The Balaban J connectivity index is 1.67. The van der Waals surface area contributed by atoms with Crippen LogP contribution in [0.15, 0.2) is 58.5 Å². The van der Waals surface area contributed by atoms with Crippen molar-refractivity contribution in [2.24, 2.45) is 12.1 Å². The average molecular weight is 411 g/mol. The fourth-order valence-electron chi connectivity index (χ4n) is 2.20. The summed E-state index contributed by atoms with van der Waals surface area (Å²) >= 11 is 7.16. The Kier molecular flexibility index (Phi) is 5.42. The van der Waals surface area contributed by atoms with Gasteiger partial charge in [-0.1, -0.05) is 35.1 Å². The molecule has 0 saturated heterocycles. The van der Waals surface area contributed by atoms with Crippen molar-refractivity contribution < 1.29 is 13.2 Å². The van der Waals surface area contributed by atoms with Gasteiger partial charge in [0.2, 0.25) is 14.8 Å². The number of rotatable bonds is 5. The van der Waals surface area contributed by atoms with Crippen LogP contribution < -0.4 is 14.9 Å². The summed E-state index contributed by atoms with van der Waals surface area (Å²) in [4.78, 5) is 12.5. The van der Waals surface area contributed by atoms with Crippen LogP contribution in [-0.2, 0) is 21.9 Å². The molecule has 0 aliphatic carbocycles. The number of amides is 1. The maximum Gasteiger partial charge on any atom is 0.255 e. The molecule has 7 nitrogen and oxygen atoms in total. The molecule has 10 heteroatoms. The molecule has 136 valence electrons. The van der Waals surface area contributed by atoms with Crippen LogP contribution in [-0.4, -0.2) is 25.4 Å². The lowest BCUT2D eigenvalue weighted by Crippen LogP contribution is -2.35. The first-order chi connectivity index (χ1) is 12.4. The number of thiazole rings is 1. The van der Waals surface area contributed by atoms with Crippen LogP contribution in [0.2, 0.25) is 5.02 Å². The molecule has 0 aliphatic rings. The summed E-state index contributed by atoms with van der Waals surface area (Å²) < 4.78 is 29.4. The van der Waals surface area contributed by atoms with Crippen LogP contribution in [0.1, 0.15) is 0 Å². The van der Waals surface area contributed by atoms with Gasteiger partial charge in [-0.15, -0.1) is 5.10 Å². The molecule has 0 unspecified atom stereocenters. The molecule has 0 aliphatic heterocycles. The summed E-state index contributed by atoms with van der Waals surface area (Å²) in [6.07, 6.45) is 0. The molecule has 0 saturated carbocycles. The number of hydrogen-bond acceptors (Lipinski definition) is 5. The van der Waals surface area contributed by atoms with Gasteiger partial charge in [-0.3, -0.25) is 4.79 Å². The van der Waals surface area contributed by atoms with E-state index >= 15 is 0 Å². The Morgan fingerprint density at radius 1 is 1.19 bits per heavy atom. The second-order valence-corrected chi connectivity index (χ2v) is 8.55. The molecule has 26 heavy (non-hydrogen) atoms. The van der Waals surface area contributed by atoms with Crippen molar-refractivity contribution >= 4 is 49.1 Å². The summed E-state index contributed by atoms with van der Waals surface area (Å²) in [5.74, 6) is -0.569. The van der Waals surface area contributed by atoms with E-state index in [9.17, 15) is 13.2 Å². The SMILES string of the molecule is Cn1/c(=N\NC(=O)CNS(=O)(=O)c2ccc(Cl)cc2)sc2ccccc21. The van der Waals surface area contributed by atoms with Crippen LogP contribution >= 0.6 is 22.9 Å². The predicted molar refractivity (Wildman–Crippen MR) is 101 cm³/mol. The van der Waals surface area contributed by atoms with Gasteiger partial charge in [0.15, 0.2) is 0 Å². The minimum atomic E-state index is -3.80. The zero-order valence-electron chi connectivity index (χ0n) is 13.6. The lowest BCUT2D eigenvalue weighted by Gasteiger charge is -2.05. The summed E-state index contributed by atoms with van der Waals surface area (Å²) in [6, 6.07) is 13.4. The second-order valence-electron chi connectivity index (χ2n) is 5.34. The fraction of sp³-hybridized carbons (Fsp3) is 0.125. The normalized spacial score (nSPS) is 12.5. The second kappa shape index (κ2) is 7.58. The molecule has 0 atom stereocenters. The summed E-state index contributed by atoms with van der Waals surface area (Å²) in [7, 11) is -1.96. The Morgan fingerprint density at radius 3 is 2.58 bits per heavy atom. The summed E-state index contributed by atoms with van der Waals surface area (Å²) in [5, 5.41) is 4.49. The minimum absolute atomic E-state index is 0.0301. The third-order valence-corrected chi connectivity index (χ3v) is 6.32. The van der Waals surface area contributed by atoms with E-state index in [1.54, 1.807) is 0 Å². The number of aromatic nitrogens is 1. The average Bonchev–Trinajstić information content (AvgIpc) is 2.95. The number of hydrogen-bond donors (Lipinski definition) is 2. The molecule has 3 rings (SSSR count). The molecule has 2 N–H and O–H groups in total. The van der Waals surface area contributed by atoms with Crippen molar-refractivity contribution in [1.82, 2.24) is 14.7 Å². The van der Waals surface area contributed by atoms with Crippen molar-refractivity contribution in [3.8, 4) is 0 Å². The fourth-order valence-corrected chi connectivity index (χ4v) is 4.28. The molecule has 0 radical (unpaired) electrons. The number of halogens is 1. The largest absolute Gasteiger partial charge is 0.318 e. The number of carbonyl (C=O) groups excluding carboxylic acids is 1. The molecule has 0 bridgehead atoms. The van der Waals surface area contributed by atoms with Crippen LogP contribution in [0.4, 0.5) is 0 Å². The van der Waals surface area contributed by atoms with Crippen LogP contribution in [0.3, 0.4) is 0 Å². The van der Waals surface area contributed by atoms with Crippen molar-refractivity contribution in [3.05, 3.63) is 58.4 Å². The molecule has 3 aromatic rings. The van der Waals surface area contributed by atoms with Gasteiger partial charge in [0.05, 0.1) is 21.7 Å². The number of fused-ring (bicyclic) bond motifs is 1. The van der Waals surface area contributed by atoms with Gasteiger partial charge in [0.1, 0.15) is 0 Å². The first kappa shape index (κ1) is 18.6. The van der Waals surface area contributed by atoms with Gasteiger partial charge in [0, 0.05) is 12.1 Å². The van der Waals surface area contributed by atoms with E-state index in [-0.39, 0.29) is 4.90 Å². The van der Waals surface area contributed by atoms with E-state index < -0.39 is 22.5 Å². The van der Waals surface area contributed by atoms with Crippen LogP contribution in [0, 0.1) is 0 Å². The van der Waals surface area contributed by atoms with Gasteiger partial charge >= 0.3 is 0 Å². The molecular formula is C16H15ClN4O3S2. The highest BCUT2D eigenvalue weighted by molar-refractivity contribution is 7.89. The third kappa shape index (κ3) is 4.13.